The summed E-state index contributed by atoms with van der Waals surface area (Å²) in [6, 6.07) is 3.59. The summed E-state index contributed by atoms with van der Waals surface area (Å²) in [5.74, 6) is -0.553. The number of halogens is 1. The Morgan fingerprint density at radius 2 is 1.93 bits per heavy atom. The zero-order chi connectivity index (χ0) is 21.8. The van der Waals surface area contributed by atoms with Gasteiger partial charge in [0.2, 0.25) is 15.9 Å². The minimum Gasteiger partial charge on any atom is -0.495 e. The Hall–Kier alpha value is -2.00. The molecule has 1 atom stereocenters. The van der Waals surface area contributed by atoms with Crippen LogP contribution in [0.5, 0.6) is 5.75 Å². The number of hydrogen-bond acceptors (Lipinski definition) is 6. The number of rotatable bonds is 7. The Balaban J connectivity index is 2.23. The van der Waals surface area contributed by atoms with Crippen molar-refractivity contribution in [3.63, 3.8) is 0 Å². The van der Waals surface area contributed by atoms with Gasteiger partial charge in [-0.15, -0.1) is 0 Å². The van der Waals surface area contributed by atoms with Crippen molar-refractivity contribution in [2.75, 3.05) is 37.4 Å². The molecule has 2 rings (SSSR count). The van der Waals surface area contributed by atoms with E-state index in [0.717, 1.165) is 10.6 Å². The molecule has 0 N–H and O–H groups in total. The molecular formula is C19H27ClN2O6S. The maximum atomic E-state index is 13.1. The highest BCUT2D eigenvalue weighted by Crippen LogP contribution is 2.34. The van der Waals surface area contributed by atoms with Gasteiger partial charge in [0, 0.05) is 18.1 Å². The predicted octanol–water partition coefficient (Wildman–Crippen LogP) is 2.30. The average molecular weight is 447 g/mol. The molecule has 1 amide bonds. The molecule has 8 nitrogen and oxygen atoms in total. The van der Waals surface area contributed by atoms with Crippen LogP contribution in [0.25, 0.3) is 0 Å². The van der Waals surface area contributed by atoms with Gasteiger partial charge >= 0.3 is 5.97 Å². The second-order valence-corrected chi connectivity index (χ2v) is 9.20. The molecule has 1 aliphatic rings. The van der Waals surface area contributed by atoms with E-state index in [9.17, 15) is 18.0 Å². The van der Waals surface area contributed by atoms with E-state index in [1.807, 2.05) is 0 Å². The maximum Gasteiger partial charge on any atom is 0.309 e. The zero-order valence-corrected chi connectivity index (χ0v) is 18.6. The molecular weight excluding hydrogens is 420 g/mol. The lowest BCUT2D eigenvalue weighted by molar-refractivity contribution is -0.151. The molecule has 0 bridgehead atoms. The highest BCUT2D eigenvalue weighted by atomic mass is 35.5. The first-order valence-corrected chi connectivity index (χ1v) is 11.6. The fraction of sp³-hybridized carbons (Fsp3) is 0.579. The van der Waals surface area contributed by atoms with Crippen LogP contribution in [0.2, 0.25) is 5.02 Å². The van der Waals surface area contributed by atoms with E-state index in [1.54, 1.807) is 24.0 Å². The van der Waals surface area contributed by atoms with Crippen molar-refractivity contribution >= 4 is 39.2 Å². The van der Waals surface area contributed by atoms with E-state index in [4.69, 9.17) is 21.1 Å². The zero-order valence-electron chi connectivity index (χ0n) is 17.1. The van der Waals surface area contributed by atoms with Gasteiger partial charge in [-0.25, -0.2) is 8.42 Å². The Bertz CT molecular complexity index is 852. The predicted molar refractivity (Wildman–Crippen MR) is 111 cm³/mol. The fourth-order valence-electron chi connectivity index (χ4n) is 3.47. The highest BCUT2D eigenvalue weighted by molar-refractivity contribution is 7.92. The third kappa shape index (κ3) is 5.54. The number of likely N-dealkylation sites (tertiary alicyclic amines) is 1. The first kappa shape index (κ1) is 23.3. The van der Waals surface area contributed by atoms with E-state index in [-0.39, 0.29) is 23.5 Å². The normalized spacial score (nSPS) is 16.2. The first-order chi connectivity index (χ1) is 13.6. The molecule has 0 saturated carbocycles. The van der Waals surface area contributed by atoms with Gasteiger partial charge in [0.25, 0.3) is 0 Å². The van der Waals surface area contributed by atoms with Gasteiger partial charge in [-0.05, 0) is 44.9 Å². The molecule has 0 aliphatic carbocycles. The maximum absolute atomic E-state index is 13.1. The lowest BCUT2D eigenvalue weighted by atomic mass is 9.96. The average Bonchev–Trinajstić information content (AvgIpc) is 2.67. The summed E-state index contributed by atoms with van der Waals surface area (Å²) in [4.78, 5) is 26.6. The van der Waals surface area contributed by atoms with Crippen LogP contribution < -0.4 is 9.04 Å². The number of esters is 1. The number of methoxy groups -OCH3 is 1. The van der Waals surface area contributed by atoms with Gasteiger partial charge in [-0.1, -0.05) is 11.6 Å². The molecule has 0 radical (unpaired) electrons. The van der Waals surface area contributed by atoms with Crippen molar-refractivity contribution in [3.8, 4) is 5.75 Å². The molecule has 0 aromatic heterocycles. The molecule has 1 aromatic rings. The van der Waals surface area contributed by atoms with E-state index >= 15 is 0 Å². The topological polar surface area (TPSA) is 93.2 Å². The quantitative estimate of drug-likeness (QED) is 0.596. The molecule has 1 unspecified atom stereocenters. The minimum atomic E-state index is -3.81. The van der Waals surface area contributed by atoms with Crippen LogP contribution in [0.3, 0.4) is 0 Å². The van der Waals surface area contributed by atoms with Gasteiger partial charge < -0.3 is 14.4 Å². The van der Waals surface area contributed by atoms with Crippen LogP contribution >= 0.6 is 11.6 Å². The number of carbonyl (C=O) groups excluding carboxylic acids is 2. The third-order valence-corrected chi connectivity index (χ3v) is 6.33. The molecule has 0 spiro atoms. The monoisotopic (exact) mass is 446 g/mol. The summed E-state index contributed by atoms with van der Waals surface area (Å²) in [6.45, 7) is 4.32. The number of anilines is 1. The lowest BCUT2D eigenvalue weighted by Gasteiger charge is -2.36. The van der Waals surface area contributed by atoms with Crippen LogP contribution in [0.1, 0.15) is 26.7 Å². The first-order valence-electron chi connectivity index (χ1n) is 9.38. The number of hydrogen-bond donors (Lipinski definition) is 0. The summed E-state index contributed by atoms with van der Waals surface area (Å²) in [7, 11) is -2.39. The summed E-state index contributed by atoms with van der Waals surface area (Å²) >= 11 is 6.06. The summed E-state index contributed by atoms with van der Waals surface area (Å²) < 4.78 is 36.4. The summed E-state index contributed by atoms with van der Waals surface area (Å²) in [5, 5.41) is 0.323. The van der Waals surface area contributed by atoms with Gasteiger partial charge in [0.05, 0.1) is 31.6 Å². The number of ether oxygens (including phenoxy) is 2. The van der Waals surface area contributed by atoms with Gasteiger partial charge in [0.15, 0.2) is 0 Å². The molecule has 10 heteroatoms. The number of nitrogens with zero attached hydrogens (tertiary/aromatic N) is 2. The smallest absolute Gasteiger partial charge is 0.309 e. The number of sulfonamides is 1. The van der Waals surface area contributed by atoms with Crippen molar-refractivity contribution in [3.05, 3.63) is 23.2 Å². The van der Waals surface area contributed by atoms with Crippen molar-refractivity contribution in [2.45, 2.75) is 32.7 Å². The van der Waals surface area contributed by atoms with Crippen LogP contribution in [-0.4, -0.2) is 64.3 Å². The molecule has 1 aliphatic heterocycles. The van der Waals surface area contributed by atoms with Crippen LogP contribution in [0.15, 0.2) is 18.2 Å². The second-order valence-electron chi connectivity index (χ2n) is 6.90. The molecule has 1 saturated heterocycles. The molecule has 1 aromatic carbocycles. The number of carbonyl (C=O) groups is 2. The molecule has 29 heavy (non-hydrogen) atoms. The van der Waals surface area contributed by atoms with E-state index in [1.165, 1.54) is 20.1 Å². The Labute approximate surface area is 176 Å². The SMILES string of the molecule is CCOC(=O)C1CCN(C(=O)C(C)N(c2cc(Cl)ccc2OC)S(C)(=O)=O)CC1. The number of piperidine rings is 1. The van der Waals surface area contributed by atoms with Crippen LogP contribution in [-0.2, 0) is 24.3 Å². The Kier molecular flexibility index (Phi) is 7.76. The van der Waals surface area contributed by atoms with Crippen molar-refractivity contribution in [1.29, 1.82) is 0 Å². The summed E-state index contributed by atoms with van der Waals surface area (Å²) in [5.41, 5.74) is 0.199. The van der Waals surface area contributed by atoms with Crippen molar-refractivity contribution in [1.82, 2.24) is 4.90 Å². The Morgan fingerprint density at radius 3 is 2.45 bits per heavy atom. The van der Waals surface area contributed by atoms with Gasteiger partial charge in [-0.2, -0.15) is 0 Å². The second kappa shape index (κ2) is 9.67. The highest BCUT2D eigenvalue weighted by Gasteiger charge is 2.36. The van der Waals surface area contributed by atoms with Crippen LogP contribution in [0, 0.1) is 5.92 Å². The van der Waals surface area contributed by atoms with Gasteiger partial charge in [-0.3, -0.25) is 13.9 Å². The van der Waals surface area contributed by atoms with Gasteiger partial charge in [0.1, 0.15) is 11.8 Å². The minimum absolute atomic E-state index is 0.199. The lowest BCUT2D eigenvalue weighted by Crippen LogP contribution is -2.51. The molecule has 1 heterocycles. The standard InChI is InChI=1S/C19H27ClN2O6S/c1-5-28-19(24)14-8-10-21(11-9-14)18(23)13(2)22(29(4,25)26)16-12-15(20)6-7-17(16)27-3/h6-7,12-14H,5,8-11H2,1-4H3. The van der Waals surface area contributed by atoms with Crippen molar-refractivity contribution < 1.29 is 27.5 Å². The van der Waals surface area contributed by atoms with E-state index in [2.05, 4.69) is 0 Å². The third-order valence-electron chi connectivity index (χ3n) is 4.87. The fourth-order valence-corrected chi connectivity index (χ4v) is 4.80. The summed E-state index contributed by atoms with van der Waals surface area (Å²) in [6.07, 6.45) is 2.00. The Morgan fingerprint density at radius 1 is 1.31 bits per heavy atom. The number of benzene rings is 1. The van der Waals surface area contributed by atoms with E-state index in [0.29, 0.717) is 43.3 Å². The molecule has 1 fully saturated rings. The number of amides is 1. The molecule has 162 valence electrons. The largest absolute Gasteiger partial charge is 0.495 e. The van der Waals surface area contributed by atoms with Crippen molar-refractivity contribution in [2.24, 2.45) is 5.92 Å². The van der Waals surface area contributed by atoms with E-state index < -0.39 is 16.1 Å². The van der Waals surface area contributed by atoms with Crippen LogP contribution in [0.4, 0.5) is 5.69 Å².